The van der Waals surface area contributed by atoms with Gasteiger partial charge in [0.05, 0.1) is 29.1 Å². The van der Waals surface area contributed by atoms with Crippen LogP contribution in [0.5, 0.6) is 0 Å². The molecule has 0 saturated heterocycles. The predicted molar refractivity (Wildman–Crippen MR) is 85.7 cm³/mol. The fourth-order valence-corrected chi connectivity index (χ4v) is 2.39. The van der Waals surface area contributed by atoms with Crippen molar-refractivity contribution in [2.24, 2.45) is 0 Å². The minimum atomic E-state index is 0.276. The van der Waals surface area contributed by atoms with Gasteiger partial charge in [0, 0.05) is 25.5 Å². The summed E-state index contributed by atoms with van der Waals surface area (Å²) in [6.07, 6.45) is 3.68. The van der Waals surface area contributed by atoms with Gasteiger partial charge in [0.25, 0.3) is 0 Å². The lowest BCUT2D eigenvalue weighted by Gasteiger charge is -2.09. The third kappa shape index (κ3) is 2.78. The molecule has 3 rings (SSSR count). The van der Waals surface area contributed by atoms with E-state index in [1.54, 1.807) is 13.3 Å². The summed E-state index contributed by atoms with van der Waals surface area (Å²) in [4.78, 5) is 8.88. The third-order valence-corrected chi connectivity index (χ3v) is 3.22. The van der Waals surface area contributed by atoms with Gasteiger partial charge in [-0.15, -0.1) is 0 Å². The van der Waals surface area contributed by atoms with E-state index in [1.807, 2.05) is 35.0 Å². The second-order valence-corrected chi connectivity index (χ2v) is 5.35. The summed E-state index contributed by atoms with van der Waals surface area (Å²) in [6, 6.07) is 8.14. The van der Waals surface area contributed by atoms with Crippen molar-refractivity contribution in [1.29, 1.82) is 0 Å². The van der Waals surface area contributed by atoms with Crippen LogP contribution in [0.15, 0.2) is 36.7 Å². The summed E-state index contributed by atoms with van der Waals surface area (Å²) in [6.45, 7) is 4.55. The molecule has 0 bridgehead atoms. The topological polar surface area (TPSA) is 64.3 Å². The highest BCUT2D eigenvalue weighted by molar-refractivity contribution is 5.80. The Bertz CT molecular complexity index is 781. The Labute approximate surface area is 129 Å². The fourth-order valence-electron chi connectivity index (χ4n) is 2.39. The summed E-state index contributed by atoms with van der Waals surface area (Å²) in [5, 5.41) is 7.81. The van der Waals surface area contributed by atoms with E-state index < -0.39 is 0 Å². The van der Waals surface area contributed by atoms with Crippen LogP contribution in [0.25, 0.3) is 16.8 Å². The Kier molecular flexibility index (Phi) is 4.02. The summed E-state index contributed by atoms with van der Waals surface area (Å²) < 4.78 is 7.13. The van der Waals surface area contributed by atoms with Crippen molar-refractivity contribution in [3.05, 3.63) is 42.4 Å². The standard InChI is InChI=1S/C16H19N5O/c1-11(2)18-16-17-8-7-12(19-16)15-13(10-22-3)20-21-9-5-4-6-14(15)21/h4-9,11H,10H2,1-3H3,(H,17,18,19). The van der Waals surface area contributed by atoms with E-state index in [4.69, 9.17) is 4.74 Å². The van der Waals surface area contributed by atoms with Gasteiger partial charge in [-0.05, 0) is 32.0 Å². The monoisotopic (exact) mass is 297 g/mol. The maximum atomic E-state index is 5.28. The van der Waals surface area contributed by atoms with Gasteiger partial charge in [-0.2, -0.15) is 5.10 Å². The molecule has 0 aromatic carbocycles. The van der Waals surface area contributed by atoms with Gasteiger partial charge < -0.3 is 10.1 Å². The first-order valence-corrected chi connectivity index (χ1v) is 7.24. The van der Waals surface area contributed by atoms with Gasteiger partial charge in [-0.3, -0.25) is 0 Å². The number of hydrogen-bond acceptors (Lipinski definition) is 5. The molecule has 0 aliphatic carbocycles. The highest BCUT2D eigenvalue weighted by Crippen LogP contribution is 2.27. The number of rotatable bonds is 5. The van der Waals surface area contributed by atoms with Crippen LogP contribution in [-0.4, -0.2) is 32.7 Å². The molecule has 0 atom stereocenters. The number of methoxy groups -OCH3 is 1. The van der Waals surface area contributed by atoms with Crippen LogP contribution in [-0.2, 0) is 11.3 Å². The summed E-state index contributed by atoms with van der Waals surface area (Å²) >= 11 is 0. The molecule has 3 aromatic rings. The molecule has 0 amide bonds. The van der Waals surface area contributed by atoms with E-state index in [0.29, 0.717) is 12.6 Å². The molecule has 6 nitrogen and oxygen atoms in total. The fraction of sp³-hybridized carbons (Fsp3) is 0.312. The van der Waals surface area contributed by atoms with Crippen molar-refractivity contribution in [2.75, 3.05) is 12.4 Å². The van der Waals surface area contributed by atoms with Crippen LogP contribution in [0, 0.1) is 0 Å². The molecular weight excluding hydrogens is 278 g/mol. The molecule has 1 N–H and O–H groups in total. The molecular formula is C16H19N5O. The second kappa shape index (κ2) is 6.11. The second-order valence-electron chi connectivity index (χ2n) is 5.35. The lowest BCUT2D eigenvalue weighted by Crippen LogP contribution is -2.12. The van der Waals surface area contributed by atoms with Crippen LogP contribution >= 0.6 is 0 Å². The maximum absolute atomic E-state index is 5.28. The number of fused-ring (bicyclic) bond motifs is 1. The number of pyridine rings is 1. The smallest absolute Gasteiger partial charge is 0.223 e. The van der Waals surface area contributed by atoms with Crippen molar-refractivity contribution in [2.45, 2.75) is 26.5 Å². The molecule has 0 aliphatic heterocycles. The largest absolute Gasteiger partial charge is 0.378 e. The first kappa shape index (κ1) is 14.5. The Morgan fingerprint density at radius 1 is 1.27 bits per heavy atom. The molecule has 0 saturated carbocycles. The SMILES string of the molecule is COCc1nn2ccccc2c1-c1ccnc(NC(C)C)n1. The Morgan fingerprint density at radius 3 is 2.91 bits per heavy atom. The number of hydrogen-bond donors (Lipinski definition) is 1. The molecule has 0 fully saturated rings. The predicted octanol–water partition coefficient (Wildman–Crippen LogP) is 2.76. The summed E-state index contributed by atoms with van der Waals surface area (Å²) in [5.74, 6) is 0.617. The minimum Gasteiger partial charge on any atom is -0.378 e. The molecule has 0 aliphatic rings. The summed E-state index contributed by atoms with van der Waals surface area (Å²) in [5.41, 5.74) is 3.69. The first-order chi connectivity index (χ1) is 10.7. The third-order valence-electron chi connectivity index (χ3n) is 3.22. The zero-order valence-corrected chi connectivity index (χ0v) is 12.9. The van der Waals surface area contributed by atoms with Gasteiger partial charge in [0.2, 0.25) is 5.95 Å². The van der Waals surface area contributed by atoms with Crippen LogP contribution < -0.4 is 5.32 Å². The van der Waals surface area contributed by atoms with Crippen molar-refractivity contribution >= 4 is 11.5 Å². The molecule has 22 heavy (non-hydrogen) atoms. The van der Waals surface area contributed by atoms with Crippen molar-refractivity contribution < 1.29 is 4.74 Å². The number of anilines is 1. The lowest BCUT2D eigenvalue weighted by atomic mass is 10.1. The number of nitrogens with zero attached hydrogens (tertiary/aromatic N) is 4. The van der Waals surface area contributed by atoms with Crippen molar-refractivity contribution in [3.63, 3.8) is 0 Å². The maximum Gasteiger partial charge on any atom is 0.223 e. The van der Waals surface area contributed by atoms with Gasteiger partial charge in [-0.25, -0.2) is 14.5 Å². The average molecular weight is 297 g/mol. The van der Waals surface area contributed by atoms with Crippen molar-refractivity contribution in [1.82, 2.24) is 19.6 Å². The van der Waals surface area contributed by atoms with Crippen molar-refractivity contribution in [3.8, 4) is 11.3 Å². The molecule has 6 heteroatoms. The molecule has 3 heterocycles. The zero-order chi connectivity index (χ0) is 15.5. The van der Waals surface area contributed by atoms with Crippen LogP contribution in [0.4, 0.5) is 5.95 Å². The molecule has 0 unspecified atom stereocenters. The van der Waals surface area contributed by atoms with E-state index in [1.165, 1.54) is 0 Å². The Morgan fingerprint density at radius 2 is 2.14 bits per heavy atom. The Balaban J connectivity index is 2.14. The van der Waals surface area contributed by atoms with Crippen LogP contribution in [0.3, 0.4) is 0 Å². The van der Waals surface area contributed by atoms with E-state index in [9.17, 15) is 0 Å². The van der Waals surface area contributed by atoms with Gasteiger partial charge in [-0.1, -0.05) is 6.07 Å². The van der Waals surface area contributed by atoms with E-state index in [2.05, 4.69) is 34.2 Å². The normalized spacial score (nSPS) is 11.3. The average Bonchev–Trinajstić information content (AvgIpc) is 2.85. The first-order valence-electron chi connectivity index (χ1n) is 7.24. The molecule has 114 valence electrons. The Hall–Kier alpha value is -2.47. The zero-order valence-electron chi connectivity index (χ0n) is 12.9. The van der Waals surface area contributed by atoms with Gasteiger partial charge >= 0.3 is 0 Å². The number of aromatic nitrogens is 4. The number of ether oxygens (including phenoxy) is 1. The quantitative estimate of drug-likeness (QED) is 0.784. The minimum absolute atomic E-state index is 0.276. The van der Waals surface area contributed by atoms with Crippen LogP contribution in [0.1, 0.15) is 19.5 Å². The van der Waals surface area contributed by atoms with E-state index in [-0.39, 0.29) is 6.04 Å². The van der Waals surface area contributed by atoms with Crippen LogP contribution in [0.2, 0.25) is 0 Å². The van der Waals surface area contributed by atoms with Gasteiger partial charge in [0.15, 0.2) is 0 Å². The van der Waals surface area contributed by atoms with Gasteiger partial charge in [0.1, 0.15) is 0 Å². The number of nitrogens with one attached hydrogen (secondary N) is 1. The van der Waals surface area contributed by atoms with E-state index >= 15 is 0 Å². The highest BCUT2D eigenvalue weighted by Gasteiger charge is 2.16. The summed E-state index contributed by atoms with van der Waals surface area (Å²) in [7, 11) is 1.67. The van der Waals surface area contributed by atoms with E-state index in [0.717, 1.165) is 22.5 Å². The molecule has 0 spiro atoms. The highest BCUT2D eigenvalue weighted by atomic mass is 16.5. The molecule has 0 radical (unpaired) electrons. The molecule has 3 aromatic heterocycles. The lowest BCUT2D eigenvalue weighted by molar-refractivity contribution is 0.181.